The summed E-state index contributed by atoms with van der Waals surface area (Å²) in [6, 6.07) is 22.1. The summed E-state index contributed by atoms with van der Waals surface area (Å²) in [4.78, 5) is 29.0. The zero-order valence-electron chi connectivity index (χ0n) is 22.5. The van der Waals surface area contributed by atoms with Gasteiger partial charge < -0.3 is 15.0 Å². The minimum atomic E-state index is -3.95. The lowest BCUT2D eigenvalue weighted by molar-refractivity contribution is -0.140. The summed E-state index contributed by atoms with van der Waals surface area (Å²) in [6.45, 7) is 3.24. The topological polar surface area (TPSA) is 96.0 Å². The van der Waals surface area contributed by atoms with Crippen molar-refractivity contribution < 1.29 is 22.7 Å². The molecule has 10 heteroatoms. The highest BCUT2D eigenvalue weighted by Crippen LogP contribution is 2.33. The summed E-state index contributed by atoms with van der Waals surface area (Å²) >= 11 is 6.18. The van der Waals surface area contributed by atoms with Crippen LogP contribution >= 0.6 is 11.6 Å². The first-order valence-corrected chi connectivity index (χ1v) is 14.7. The number of methoxy groups -OCH3 is 1. The Kier molecular flexibility index (Phi) is 10.4. The molecular weight excluding hydrogens is 538 g/mol. The smallest absolute Gasteiger partial charge is 0.244 e. The van der Waals surface area contributed by atoms with Crippen LogP contribution in [0.1, 0.15) is 25.0 Å². The van der Waals surface area contributed by atoms with Crippen molar-refractivity contribution >= 4 is 39.1 Å². The second kappa shape index (κ2) is 13.5. The Hall–Kier alpha value is -3.56. The van der Waals surface area contributed by atoms with Crippen molar-refractivity contribution in [2.75, 3.05) is 24.2 Å². The number of nitrogens with one attached hydrogen (secondary N) is 1. The van der Waals surface area contributed by atoms with Crippen LogP contribution in [0.15, 0.2) is 78.9 Å². The molecule has 2 amide bonds. The average Bonchev–Trinajstić information content (AvgIpc) is 2.89. The Labute approximate surface area is 235 Å². The largest absolute Gasteiger partial charge is 0.495 e. The van der Waals surface area contributed by atoms with Gasteiger partial charge >= 0.3 is 0 Å². The van der Waals surface area contributed by atoms with Crippen LogP contribution in [0.3, 0.4) is 0 Å². The van der Waals surface area contributed by atoms with Gasteiger partial charge in [0.2, 0.25) is 21.8 Å². The van der Waals surface area contributed by atoms with Gasteiger partial charge in [-0.2, -0.15) is 0 Å². The molecule has 3 rings (SSSR count). The number of anilines is 1. The lowest BCUT2D eigenvalue weighted by Crippen LogP contribution is -2.54. The molecule has 0 bridgehead atoms. The highest BCUT2D eigenvalue weighted by Gasteiger charge is 2.34. The van der Waals surface area contributed by atoms with Gasteiger partial charge in [-0.1, -0.05) is 72.3 Å². The minimum Gasteiger partial charge on any atom is -0.495 e. The van der Waals surface area contributed by atoms with E-state index < -0.39 is 28.5 Å². The Balaban J connectivity index is 2.08. The normalized spacial score (nSPS) is 12.1. The first-order chi connectivity index (χ1) is 18.5. The Morgan fingerprint density at radius 2 is 1.54 bits per heavy atom. The van der Waals surface area contributed by atoms with Gasteiger partial charge in [0.1, 0.15) is 18.3 Å². The zero-order chi connectivity index (χ0) is 28.6. The van der Waals surface area contributed by atoms with E-state index in [0.717, 1.165) is 21.7 Å². The van der Waals surface area contributed by atoms with Gasteiger partial charge in [-0.15, -0.1) is 0 Å². The molecule has 8 nitrogen and oxygen atoms in total. The molecule has 1 atom stereocenters. The number of ether oxygens (including phenoxy) is 1. The molecule has 0 aliphatic carbocycles. The zero-order valence-corrected chi connectivity index (χ0v) is 24.1. The molecule has 39 heavy (non-hydrogen) atoms. The summed E-state index contributed by atoms with van der Waals surface area (Å²) in [5, 5.41) is 3.21. The molecule has 1 N–H and O–H groups in total. The second-order valence-corrected chi connectivity index (χ2v) is 11.8. The maximum atomic E-state index is 14.1. The molecule has 3 aromatic carbocycles. The van der Waals surface area contributed by atoms with E-state index in [2.05, 4.69) is 5.32 Å². The predicted octanol–water partition coefficient (Wildman–Crippen LogP) is 4.28. The molecule has 0 aromatic heterocycles. The Morgan fingerprint density at radius 1 is 0.949 bits per heavy atom. The fourth-order valence-electron chi connectivity index (χ4n) is 4.17. The molecular formula is C29H34ClN3O5S. The second-order valence-electron chi connectivity index (χ2n) is 9.46. The molecule has 0 radical (unpaired) electrons. The van der Waals surface area contributed by atoms with E-state index in [1.54, 1.807) is 6.07 Å². The van der Waals surface area contributed by atoms with Crippen LogP contribution in [0.25, 0.3) is 0 Å². The Bertz CT molecular complexity index is 1370. The number of carbonyl (C=O) groups is 2. The van der Waals surface area contributed by atoms with Crippen molar-refractivity contribution in [3.8, 4) is 5.75 Å². The van der Waals surface area contributed by atoms with Gasteiger partial charge in [-0.3, -0.25) is 13.9 Å². The lowest BCUT2D eigenvalue weighted by atomic mass is 10.0. The van der Waals surface area contributed by atoms with Crippen LogP contribution in [0, 0.1) is 0 Å². The summed E-state index contributed by atoms with van der Waals surface area (Å²) in [7, 11) is -2.54. The molecule has 0 aliphatic heterocycles. The summed E-state index contributed by atoms with van der Waals surface area (Å²) < 4.78 is 32.2. The Morgan fingerprint density at radius 3 is 2.08 bits per heavy atom. The van der Waals surface area contributed by atoms with E-state index in [0.29, 0.717) is 0 Å². The third-order valence-electron chi connectivity index (χ3n) is 5.99. The van der Waals surface area contributed by atoms with Crippen molar-refractivity contribution in [2.45, 2.75) is 38.9 Å². The monoisotopic (exact) mass is 571 g/mol. The highest BCUT2D eigenvalue weighted by molar-refractivity contribution is 7.92. The number of rotatable bonds is 12. The molecule has 0 spiro atoms. The van der Waals surface area contributed by atoms with Gasteiger partial charge in [0.05, 0.1) is 19.1 Å². The average molecular weight is 572 g/mol. The van der Waals surface area contributed by atoms with E-state index in [-0.39, 0.29) is 41.4 Å². The molecule has 0 fully saturated rings. The fraction of sp³-hybridized carbons (Fsp3) is 0.310. The van der Waals surface area contributed by atoms with E-state index in [1.807, 2.05) is 74.5 Å². The molecule has 0 saturated carbocycles. The van der Waals surface area contributed by atoms with Crippen LogP contribution in [0.2, 0.25) is 5.02 Å². The van der Waals surface area contributed by atoms with E-state index in [4.69, 9.17) is 16.3 Å². The van der Waals surface area contributed by atoms with E-state index in [9.17, 15) is 18.0 Å². The van der Waals surface area contributed by atoms with E-state index >= 15 is 0 Å². The minimum absolute atomic E-state index is 0.104. The van der Waals surface area contributed by atoms with Crippen LogP contribution in [-0.2, 0) is 32.6 Å². The number of amides is 2. The number of halogens is 1. The number of sulfonamides is 1. The van der Waals surface area contributed by atoms with Crippen LogP contribution < -0.4 is 14.4 Å². The molecule has 0 saturated heterocycles. The summed E-state index contributed by atoms with van der Waals surface area (Å²) in [5.74, 6) is -0.638. The van der Waals surface area contributed by atoms with Crippen molar-refractivity contribution in [3.63, 3.8) is 0 Å². The number of carbonyl (C=O) groups excluding carboxylic acids is 2. The van der Waals surface area contributed by atoms with Crippen LogP contribution in [0.5, 0.6) is 5.75 Å². The number of nitrogens with zero attached hydrogens (tertiary/aromatic N) is 2. The molecule has 0 heterocycles. The quantitative estimate of drug-likeness (QED) is 0.350. The molecule has 3 aromatic rings. The summed E-state index contributed by atoms with van der Waals surface area (Å²) in [5.41, 5.74) is 1.79. The van der Waals surface area contributed by atoms with Crippen molar-refractivity contribution in [1.29, 1.82) is 0 Å². The van der Waals surface area contributed by atoms with Crippen molar-refractivity contribution in [2.24, 2.45) is 0 Å². The van der Waals surface area contributed by atoms with E-state index in [1.165, 1.54) is 24.1 Å². The maximum Gasteiger partial charge on any atom is 0.244 e. The SMILES string of the molecule is COc1ccc(Cl)cc1N(CC(=O)N(Cc1ccccc1)C(Cc1ccccc1)C(=O)NC(C)C)S(C)(=O)=O. The number of hydrogen-bond acceptors (Lipinski definition) is 5. The third-order valence-corrected chi connectivity index (χ3v) is 7.35. The van der Waals surface area contributed by atoms with Gasteiger partial charge in [-0.25, -0.2) is 8.42 Å². The van der Waals surface area contributed by atoms with Crippen molar-refractivity contribution in [3.05, 3.63) is 95.0 Å². The predicted molar refractivity (Wildman–Crippen MR) is 154 cm³/mol. The van der Waals surface area contributed by atoms with Crippen LogP contribution in [0.4, 0.5) is 5.69 Å². The first kappa shape index (κ1) is 30.0. The van der Waals surface area contributed by atoms with Gasteiger partial charge in [-0.05, 0) is 43.2 Å². The van der Waals surface area contributed by atoms with Crippen LogP contribution in [-0.4, -0.2) is 57.1 Å². The molecule has 208 valence electrons. The molecule has 0 aliphatic rings. The molecule has 1 unspecified atom stereocenters. The maximum absolute atomic E-state index is 14.1. The van der Waals surface area contributed by atoms with Gasteiger partial charge in [0.25, 0.3) is 0 Å². The fourth-order valence-corrected chi connectivity index (χ4v) is 5.18. The van der Waals surface area contributed by atoms with Gasteiger partial charge in [0.15, 0.2) is 0 Å². The number of hydrogen-bond donors (Lipinski definition) is 1. The lowest BCUT2D eigenvalue weighted by Gasteiger charge is -2.34. The van der Waals surface area contributed by atoms with Gasteiger partial charge in [0, 0.05) is 24.0 Å². The third kappa shape index (κ3) is 8.46. The highest BCUT2D eigenvalue weighted by atomic mass is 35.5. The first-order valence-electron chi connectivity index (χ1n) is 12.5. The number of benzene rings is 3. The standard InChI is InChI=1S/C29H34ClN3O5S/c1-21(2)31-29(35)26(17-22-11-7-5-8-12-22)32(19-23-13-9-6-10-14-23)28(34)20-33(39(4,36)37)25-18-24(30)15-16-27(25)38-3/h5-16,18,21,26H,17,19-20H2,1-4H3,(H,31,35). The van der Waals surface area contributed by atoms with Crippen molar-refractivity contribution in [1.82, 2.24) is 10.2 Å². The summed E-state index contributed by atoms with van der Waals surface area (Å²) in [6.07, 6.45) is 1.26.